The van der Waals surface area contributed by atoms with E-state index in [1.807, 2.05) is 32.9 Å². The van der Waals surface area contributed by atoms with E-state index >= 15 is 0 Å². The van der Waals surface area contributed by atoms with Crippen LogP contribution >= 0.6 is 24.0 Å². The molecule has 0 N–H and O–H groups in total. The first-order valence-corrected chi connectivity index (χ1v) is 12.0. The second kappa shape index (κ2) is 13.2. The molecule has 1 aromatic rings. The average molecular weight is 479 g/mol. The molecule has 1 saturated heterocycles. The molecule has 0 aromatic heterocycles. The average Bonchev–Trinajstić information content (AvgIpc) is 3.05. The topological polar surface area (TPSA) is 76.1 Å². The van der Waals surface area contributed by atoms with Gasteiger partial charge in [-0.1, -0.05) is 43.0 Å². The molecule has 0 aliphatic carbocycles. The molecule has 0 unspecified atom stereocenters. The number of hydrogen-bond acceptors (Lipinski definition) is 7. The summed E-state index contributed by atoms with van der Waals surface area (Å²) in [5.41, 5.74) is 0.830. The first-order chi connectivity index (χ1) is 15.4. The fourth-order valence-corrected chi connectivity index (χ4v) is 4.30. The molecule has 1 aromatic carbocycles. The van der Waals surface area contributed by atoms with Gasteiger partial charge in [0, 0.05) is 26.1 Å². The van der Waals surface area contributed by atoms with E-state index in [4.69, 9.17) is 21.7 Å². The van der Waals surface area contributed by atoms with E-state index in [2.05, 4.69) is 0 Å². The van der Waals surface area contributed by atoms with Gasteiger partial charge in [-0.15, -0.1) is 0 Å². The Bertz CT molecular complexity index is 850. The molecule has 9 heteroatoms. The highest BCUT2D eigenvalue weighted by Crippen LogP contribution is 2.33. The highest BCUT2D eigenvalue weighted by molar-refractivity contribution is 8.26. The molecule has 174 valence electrons. The Hall–Kier alpha value is -2.39. The van der Waals surface area contributed by atoms with Crippen LogP contribution in [0.15, 0.2) is 29.2 Å². The van der Waals surface area contributed by atoms with Crippen molar-refractivity contribution in [1.82, 2.24) is 9.80 Å². The number of carbonyl (C=O) groups excluding carboxylic acids is 3. The number of ether oxygens (including phenoxy) is 2. The Labute approximate surface area is 199 Å². The van der Waals surface area contributed by atoms with Gasteiger partial charge in [0.15, 0.2) is 6.61 Å². The van der Waals surface area contributed by atoms with Crippen LogP contribution < -0.4 is 4.74 Å². The molecule has 1 aliphatic rings. The summed E-state index contributed by atoms with van der Waals surface area (Å²) in [5.74, 6) is 0.118. The van der Waals surface area contributed by atoms with Gasteiger partial charge in [0.05, 0.1) is 11.5 Å². The molecular weight excluding hydrogens is 448 g/mol. The van der Waals surface area contributed by atoms with Crippen LogP contribution in [0.25, 0.3) is 6.08 Å². The number of likely N-dealkylation sites (N-methyl/N-ethyl adjacent to an activating group) is 1. The SMILES string of the molecule is CCCOC(=O)CCCN1C(=O)/C(=C\c2ccc(OCC(=O)N(CC)CC)cc2)SC1=S. The maximum absolute atomic E-state index is 12.7. The number of esters is 1. The van der Waals surface area contributed by atoms with Crippen molar-refractivity contribution in [3.8, 4) is 5.75 Å². The highest BCUT2D eigenvalue weighted by atomic mass is 32.2. The van der Waals surface area contributed by atoms with Gasteiger partial charge in [0.2, 0.25) is 0 Å². The molecule has 1 heterocycles. The molecule has 0 bridgehead atoms. The molecule has 0 saturated carbocycles. The molecule has 0 atom stereocenters. The number of carbonyl (C=O) groups is 3. The van der Waals surface area contributed by atoms with Crippen molar-refractivity contribution in [2.24, 2.45) is 0 Å². The Kier molecular flexibility index (Phi) is 10.7. The monoisotopic (exact) mass is 478 g/mol. The van der Waals surface area contributed by atoms with E-state index in [0.29, 0.717) is 47.6 Å². The molecule has 1 fully saturated rings. The third-order valence-corrected chi connectivity index (χ3v) is 6.14. The minimum absolute atomic E-state index is 0.00826. The normalized spacial score (nSPS) is 14.7. The van der Waals surface area contributed by atoms with Crippen molar-refractivity contribution in [1.29, 1.82) is 0 Å². The van der Waals surface area contributed by atoms with Crippen LogP contribution in [0.3, 0.4) is 0 Å². The van der Waals surface area contributed by atoms with Crippen LogP contribution in [0.4, 0.5) is 0 Å². The zero-order chi connectivity index (χ0) is 23.5. The van der Waals surface area contributed by atoms with Crippen LogP contribution in [0.5, 0.6) is 5.75 Å². The molecular formula is C23H30N2O5S2. The quantitative estimate of drug-likeness (QED) is 0.256. The van der Waals surface area contributed by atoms with Gasteiger partial charge < -0.3 is 14.4 Å². The minimum Gasteiger partial charge on any atom is -0.484 e. The minimum atomic E-state index is -0.256. The number of thioether (sulfide) groups is 1. The third kappa shape index (κ3) is 7.63. The van der Waals surface area contributed by atoms with E-state index in [0.717, 1.165) is 12.0 Å². The number of rotatable bonds is 12. The summed E-state index contributed by atoms with van der Waals surface area (Å²) in [6.07, 6.45) is 3.32. The van der Waals surface area contributed by atoms with E-state index in [1.54, 1.807) is 23.1 Å². The lowest BCUT2D eigenvalue weighted by molar-refractivity contribution is -0.144. The number of nitrogens with zero attached hydrogens (tertiary/aromatic N) is 2. The van der Waals surface area contributed by atoms with Crippen molar-refractivity contribution in [3.05, 3.63) is 34.7 Å². The van der Waals surface area contributed by atoms with Crippen molar-refractivity contribution in [3.63, 3.8) is 0 Å². The van der Waals surface area contributed by atoms with Crippen molar-refractivity contribution >= 4 is 52.2 Å². The highest BCUT2D eigenvalue weighted by Gasteiger charge is 2.31. The molecule has 2 amide bonds. The lowest BCUT2D eigenvalue weighted by atomic mass is 10.2. The first-order valence-electron chi connectivity index (χ1n) is 10.8. The van der Waals surface area contributed by atoms with Crippen molar-refractivity contribution in [2.75, 3.05) is 32.8 Å². The molecule has 0 spiro atoms. The molecule has 1 aliphatic heterocycles. The van der Waals surface area contributed by atoms with Gasteiger partial charge in [0.1, 0.15) is 10.1 Å². The zero-order valence-corrected chi connectivity index (χ0v) is 20.4. The summed E-state index contributed by atoms with van der Waals surface area (Å²) >= 11 is 6.58. The van der Waals surface area contributed by atoms with E-state index < -0.39 is 0 Å². The summed E-state index contributed by atoms with van der Waals surface area (Å²) in [7, 11) is 0. The second-order valence-corrected chi connectivity index (χ2v) is 8.76. The first kappa shape index (κ1) is 25.9. The number of benzene rings is 1. The predicted octanol–water partition coefficient (Wildman–Crippen LogP) is 3.87. The Morgan fingerprint density at radius 2 is 1.84 bits per heavy atom. The largest absolute Gasteiger partial charge is 0.484 e. The fraction of sp³-hybridized carbons (Fsp3) is 0.478. The van der Waals surface area contributed by atoms with Crippen molar-refractivity contribution < 1.29 is 23.9 Å². The predicted molar refractivity (Wildman–Crippen MR) is 130 cm³/mol. The number of amides is 2. The van der Waals surface area contributed by atoms with Gasteiger partial charge in [-0.25, -0.2) is 0 Å². The maximum Gasteiger partial charge on any atom is 0.305 e. The molecule has 0 radical (unpaired) electrons. The summed E-state index contributed by atoms with van der Waals surface area (Å²) in [5, 5.41) is 0. The second-order valence-electron chi connectivity index (χ2n) is 7.08. The summed E-state index contributed by atoms with van der Waals surface area (Å²) in [6, 6.07) is 7.19. The van der Waals surface area contributed by atoms with Gasteiger partial charge in [0.25, 0.3) is 11.8 Å². The fourth-order valence-electron chi connectivity index (χ4n) is 2.99. The van der Waals surface area contributed by atoms with E-state index in [-0.39, 0.29) is 30.8 Å². The van der Waals surface area contributed by atoms with Crippen molar-refractivity contribution in [2.45, 2.75) is 40.0 Å². The zero-order valence-electron chi connectivity index (χ0n) is 18.8. The molecule has 32 heavy (non-hydrogen) atoms. The Morgan fingerprint density at radius 1 is 1.16 bits per heavy atom. The van der Waals surface area contributed by atoms with Crippen LogP contribution in [0.2, 0.25) is 0 Å². The molecule has 2 rings (SSSR count). The van der Waals surface area contributed by atoms with Gasteiger partial charge in [-0.3, -0.25) is 19.3 Å². The van der Waals surface area contributed by atoms with E-state index in [1.165, 1.54) is 16.7 Å². The smallest absolute Gasteiger partial charge is 0.305 e. The number of thiocarbonyl (C=S) groups is 1. The standard InChI is InChI=1S/C23H30N2O5S2/c1-4-14-29-21(27)8-7-13-25-22(28)19(32-23(25)31)15-17-9-11-18(12-10-17)30-16-20(26)24(5-2)6-3/h9-12,15H,4-8,13-14,16H2,1-3H3/b19-15+. The van der Waals surface area contributed by atoms with Crippen LogP contribution in [-0.4, -0.2) is 64.8 Å². The Balaban J connectivity index is 1.89. The van der Waals surface area contributed by atoms with E-state index in [9.17, 15) is 14.4 Å². The van der Waals surface area contributed by atoms with Gasteiger partial charge in [-0.05, 0) is 50.5 Å². The van der Waals surface area contributed by atoms with Crippen LogP contribution in [0, 0.1) is 0 Å². The lowest BCUT2D eigenvalue weighted by Crippen LogP contribution is -2.34. The summed E-state index contributed by atoms with van der Waals surface area (Å²) < 4.78 is 11.1. The van der Waals surface area contributed by atoms with Gasteiger partial charge in [-0.2, -0.15) is 0 Å². The molecule has 7 nitrogen and oxygen atoms in total. The maximum atomic E-state index is 12.7. The summed E-state index contributed by atoms with van der Waals surface area (Å²) in [4.78, 5) is 40.1. The van der Waals surface area contributed by atoms with Crippen LogP contribution in [0.1, 0.15) is 45.6 Å². The van der Waals surface area contributed by atoms with Gasteiger partial charge >= 0.3 is 5.97 Å². The van der Waals surface area contributed by atoms with Crippen LogP contribution in [-0.2, 0) is 19.1 Å². The lowest BCUT2D eigenvalue weighted by Gasteiger charge is -2.18. The third-order valence-electron chi connectivity index (χ3n) is 4.76. The summed E-state index contributed by atoms with van der Waals surface area (Å²) in [6.45, 7) is 7.90. The number of hydrogen-bond donors (Lipinski definition) is 0. The Morgan fingerprint density at radius 3 is 2.47 bits per heavy atom.